The van der Waals surface area contributed by atoms with Gasteiger partial charge in [-0.25, -0.2) is 4.68 Å². The van der Waals surface area contributed by atoms with Crippen molar-refractivity contribution < 1.29 is 4.79 Å². The van der Waals surface area contributed by atoms with Gasteiger partial charge < -0.3 is 5.32 Å². The fraction of sp³-hybridized carbons (Fsp3) is 0.600. The molecule has 1 rings (SSSR count). The fourth-order valence-corrected chi connectivity index (χ4v) is 1.58. The topological polar surface area (TPSA) is 46.9 Å². The molecule has 0 spiro atoms. The molecule has 15 heavy (non-hydrogen) atoms. The SMILES string of the molecule is CCC(C)n1nccc1NC(=O)CSC. The Kier molecular flexibility index (Phi) is 4.68. The molecule has 1 aromatic heterocycles. The third kappa shape index (κ3) is 3.27. The number of thioether (sulfide) groups is 1. The van der Waals surface area contributed by atoms with E-state index in [-0.39, 0.29) is 5.91 Å². The van der Waals surface area contributed by atoms with E-state index in [0.29, 0.717) is 11.8 Å². The van der Waals surface area contributed by atoms with Gasteiger partial charge in [-0.1, -0.05) is 6.92 Å². The number of nitrogens with one attached hydrogen (secondary N) is 1. The lowest BCUT2D eigenvalue weighted by atomic mass is 10.3. The molecule has 4 nitrogen and oxygen atoms in total. The maximum absolute atomic E-state index is 11.4. The Bertz CT molecular complexity index is 324. The summed E-state index contributed by atoms with van der Waals surface area (Å²) in [4.78, 5) is 11.4. The summed E-state index contributed by atoms with van der Waals surface area (Å²) in [6.45, 7) is 4.18. The summed E-state index contributed by atoms with van der Waals surface area (Å²) in [5.41, 5.74) is 0. The van der Waals surface area contributed by atoms with Gasteiger partial charge in [0.25, 0.3) is 0 Å². The van der Waals surface area contributed by atoms with Crippen LogP contribution in [0.5, 0.6) is 0 Å². The van der Waals surface area contributed by atoms with Crippen molar-refractivity contribution in [2.45, 2.75) is 26.3 Å². The predicted octanol–water partition coefficient (Wildman–Crippen LogP) is 2.16. The van der Waals surface area contributed by atoms with Crippen LogP contribution < -0.4 is 5.32 Å². The molecule has 1 unspecified atom stereocenters. The molecule has 1 atom stereocenters. The summed E-state index contributed by atoms with van der Waals surface area (Å²) in [5.74, 6) is 1.28. The van der Waals surface area contributed by atoms with E-state index in [1.807, 2.05) is 17.0 Å². The zero-order valence-corrected chi connectivity index (χ0v) is 10.2. The predicted molar refractivity (Wildman–Crippen MR) is 64.2 cm³/mol. The second-order valence-corrected chi connectivity index (χ2v) is 4.27. The van der Waals surface area contributed by atoms with Crippen molar-refractivity contribution in [1.82, 2.24) is 9.78 Å². The minimum absolute atomic E-state index is 0.0209. The van der Waals surface area contributed by atoms with E-state index in [0.717, 1.165) is 12.2 Å². The van der Waals surface area contributed by atoms with Gasteiger partial charge in [-0.3, -0.25) is 4.79 Å². The van der Waals surface area contributed by atoms with Crippen molar-refractivity contribution in [3.05, 3.63) is 12.3 Å². The Morgan fingerprint density at radius 3 is 3.07 bits per heavy atom. The quantitative estimate of drug-likeness (QED) is 0.838. The summed E-state index contributed by atoms with van der Waals surface area (Å²) in [6, 6.07) is 2.13. The lowest BCUT2D eigenvalue weighted by molar-refractivity contribution is -0.113. The molecule has 0 saturated heterocycles. The number of carbonyl (C=O) groups is 1. The Balaban J connectivity index is 2.68. The first-order chi connectivity index (χ1) is 7.19. The summed E-state index contributed by atoms with van der Waals surface area (Å²) >= 11 is 1.51. The van der Waals surface area contributed by atoms with Crippen molar-refractivity contribution in [2.75, 3.05) is 17.3 Å². The highest BCUT2D eigenvalue weighted by atomic mass is 32.2. The van der Waals surface area contributed by atoms with Crippen LogP contribution in [0.25, 0.3) is 0 Å². The molecule has 0 aliphatic rings. The van der Waals surface area contributed by atoms with Crippen molar-refractivity contribution in [3.8, 4) is 0 Å². The molecule has 0 bridgehead atoms. The molecule has 84 valence electrons. The molecule has 0 fully saturated rings. The molecule has 1 heterocycles. The zero-order valence-electron chi connectivity index (χ0n) is 9.36. The van der Waals surface area contributed by atoms with Crippen LogP contribution in [0.4, 0.5) is 5.82 Å². The first-order valence-electron chi connectivity index (χ1n) is 5.01. The largest absolute Gasteiger partial charge is 0.310 e. The Morgan fingerprint density at radius 2 is 2.47 bits per heavy atom. The smallest absolute Gasteiger partial charge is 0.235 e. The van der Waals surface area contributed by atoms with Gasteiger partial charge in [-0.15, -0.1) is 0 Å². The third-order valence-corrected chi connectivity index (χ3v) is 2.77. The van der Waals surface area contributed by atoms with E-state index in [4.69, 9.17) is 0 Å². The van der Waals surface area contributed by atoms with Gasteiger partial charge in [0.1, 0.15) is 5.82 Å². The molecule has 1 aromatic rings. The Hall–Kier alpha value is -0.970. The minimum Gasteiger partial charge on any atom is -0.310 e. The van der Waals surface area contributed by atoms with Gasteiger partial charge in [0.05, 0.1) is 18.0 Å². The lowest BCUT2D eigenvalue weighted by Gasteiger charge is -2.13. The highest BCUT2D eigenvalue weighted by Gasteiger charge is 2.10. The Labute approximate surface area is 94.4 Å². The van der Waals surface area contributed by atoms with Gasteiger partial charge in [-0.2, -0.15) is 16.9 Å². The standard InChI is InChI=1S/C10H17N3OS/c1-4-8(2)13-9(5-6-11-13)12-10(14)7-15-3/h5-6,8H,4,7H2,1-3H3,(H,12,14). The maximum Gasteiger partial charge on any atom is 0.235 e. The van der Waals surface area contributed by atoms with Crippen LogP contribution in [-0.2, 0) is 4.79 Å². The monoisotopic (exact) mass is 227 g/mol. The van der Waals surface area contributed by atoms with Gasteiger partial charge in [0.15, 0.2) is 0 Å². The van der Waals surface area contributed by atoms with Crippen LogP contribution >= 0.6 is 11.8 Å². The number of aromatic nitrogens is 2. The van der Waals surface area contributed by atoms with Crippen LogP contribution in [0, 0.1) is 0 Å². The van der Waals surface area contributed by atoms with Crippen LogP contribution in [0.3, 0.4) is 0 Å². The Morgan fingerprint density at radius 1 is 1.73 bits per heavy atom. The summed E-state index contributed by atoms with van der Waals surface area (Å²) in [5, 5.41) is 7.04. The molecule has 5 heteroatoms. The number of carbonyl (C=O) groups excluding carboxylic acids is 1. The van der Waals surface area contributed by atoms with Gasteiger partial charge >= 0.3 is 0 Å². The average molecular weight is 227 g/mol. The van der Waals surface area contributed by atoms with Crippen molar-refractivity contribution in [2.24, 2.45) is 0 Å². The van der Waals surface area contributed by atoms with Crippen LogP contribution in [-0.4, -0.2) is 27.7 Å². The molecular formula is C10H17N3OS. The normalized spacial score (nSPS) is 12.5. The van der Waals surface area contributed by atoms with Crippen molar-refractivity contribution in [3.63, 3.8) is 0 Å². The van der Waals surface area contributed by atoms with Crippen molar-refractivity contribution >= 4 is 23.5 Å². The summed E-state index contributed by atoms with van der Waals surface area (Å²) < 4.78 is 1.85. The van der Waals surface area contributed by atoms with E-state index in [9.17, 15) is 4.79 Å². The highest BCUT2D eigenvalue weighted by Crippen LogP contribution is 2.16. The average Bonchev–Trinajstić information content (AvgIpc) is 2.65. The molecule has 0 radical (unpaired) electrons. The van der Waals surface area contributed by atoms with Crippen LogP contribution in [0.2, 0.25) is 0 Å². The number of anilines is 1. The van der Waals surface area contributed by atoms with Gasteiger partial charge in [0, 0.05) is 6.07 Å². The van der Waals surface area contributed by atoms with E-state index >= 15 is 0 Å². The van der Waals surface area contributed by atoms with E-state index in [1.165, 1.54) is 11.8 Å². The lowest BCUT2D eigenvalue weighted by Crippen LogP contribution is -2.18. The number of nitrogens with zero attached hydrogens (tertiary/aromatic N) is 2. The molecule has 0 aromatic carbocycles. The second kappa shape index (κ2) is 5.80. The van der Waals surface area contributed by atoms with Gasteiger partial charge in [-0.05, 0) is 19.6 Å². The minimum atomic E-state index is 0.0209. The molecule has 0 aliphatic heterocycles. The third-order valence-electron chi connectivity index (χ3n) is 2.22. The van der Waals surface area contributed by atoms with Crippen LogP contribution in [0.15, 0.2) is 12.3 Å². The van der Waals surface area contributed by atoms with E-state index in [1.54, 1.807) is 6.20 Å². The van der Waals surface area contributed by atoms with Gasteiger partial charge in [0.2, 0.25) is 5.91 Å². The number of amides is 1. The maximum atomic E-state index is 11.4. The number of rotatable bonds is 5. The molecular weight excluding hydrogens is 210 g/mol. The number of hydrogen-bond acceptors (Lipinski definition) is 3. The zero-order chi connectivity index (χ0) is 11.3. The fourth-order valence-electron chi connectivity index (χ4n) is 1.25. The van der Waals surface area contributed by atoms with E-state index in [2.05, 4.69) is 24.3 Å². The molecule has 1 amide bonds. The summed E-state index contributed by atoms with van der Waals surface area (Å²) in [6.07, 6.45) is 4.61. The molecule has 0 aliphatic carbocycles. The number of hydrogen-bond donors (Lipinski definition) is 1. The molecule has 0 saturated carbocycles. The first-order valence-corrected chi connectivity index (χ1v) is 6.40. The first kappa shape index (κ1) is 12.1. The molecule has 1 N–H and O–H groups in total. The highest BCUT2D eigenvalue weighted by molar-refractivity contribution is 7.99. The summed E-state index contributed by atoms with van der Waals surface area (Å²) in [7, 11) is 0. The second-order valence-electron chi connectivity index (χ2n) is 3.40. The van der Waals surface area contributed by atoms with Crippen LogP contribution in [0.1, 0.15) is 26.3 Å². The van der Waals surface area contributed by atoms with E-state index < -0.39 is 0 Å². The van der Waals surface area contributed by atoms with Crippen molar-refractivity contribution in [1.29, 1.82) is 0 Å².